The molecule has 1 N–H and O–H groups in total. The summed E-state index contributed by atoms with van der Waals surface area (Å²) in [4.78, 5) is 24.5. The van der Waals surface area contributed by atoms with Gasteiger partial charge in [0.05, 0.1) is 5.92 Å². The smallest absolute Gasteiger partial charge is 0.307 e. The normalized spacial score (nSPS) is 25.6. The molecule has 1 saturated carbocycles. The molecule has 1 atom stereocenters. The van der Waals surface area contributed by atoms with E-state index in [1.807, 2.05) is 4.90 Å². The minimum Gasteiger partial charge on any atom is -0.481 e. The van der Waals surface area contributed by atoms with Crippen molar-refractivity contribution in [2.75, 3.05) is 13.1 Å². The number of nitrogens with zero attached hydrogens (tertiary/aromatic N) is 1. The van der Waals surface area contributed by atoms with Crippen LogP contribution in [0.4, 0.5) is 0 Å². The van der Waals surface area contributed by atoms with Gasteiger partial charge in [0.1, 0.15) is 0 Å². The quantitative estimate of drug-likeness (QED) is 0.757. The van der Waals surface area contributed by atoms with Crippen LogP contribution in [0.2, 0.25) is 0 Å². The zero-order chi connectivity index (χ0) is 12.5. The van der Waals surface area contributed by atoms with Crippen LogP contribution in [0, 0.1) is 11.3 Å². The number of amides is 1. The number of carbonyl (C=O) groups is 2. The zero-order valence-electron chi connectivity index (χ0n) is 10.0. The van der Waals surface area contributed by atoms with Crippen LogP contribution >= 0.6 is 0 Å². The molecule has 4 nitrogen and oxygen atoms in total. The van der Waals surface area contributed by atoms with E-state index in [2.05, 4.69) is 6.58 Å². The Labute approximate surface area is 101 Å². The van der Waals surface area contributed by atoms with Crippen molar-refractivity contribution >= 4 is 11.9 Å². The highest BCUT2D eigenvalue weighted by Gasteiger charge is 2.59. The molecule has 0 radical (unpaired) electrons. The number of likely N-dealkylation sites (tertiary alicyclic amines) is 1. The first kappa shape index (κ1) is 12.1. The lowest BCUT2D eigenvalue weighted by Crippen LogP contribution is -2.39. The van der Waals surface area contributed by atoms with Crippen molar-refractivity contribution in [2.24, 2.45) is 11.3 Å². The predicted molar refractivity (Wildman–Crippen MR) is 63.4 cm³/mol. The van der Waals surface area contributed by atoms with Gasteiger partial charge in [-0.3, -0.25) is 9.59 Å². The molecule has 1 heterocycles. The Balaban J connectivity index is 1.81. The van der Waals surface area contributed by atoms with Crippen molar-refractivity contribution in [1.82, 2.24) is 4.90 Å². The average molecular weight is 237 g/mol. The molecule has 0 aromatic carbocycles. The largest absolute Gasteiger partial charge is 0.481 e. The van der Waals surface area contributed by atoms with Crippen molar-refractivity contribution in [1.29, 1.82) is 0 Å². The highest BCUT2D eigenvalue weighted by atomic mass is 16.4. The van der Waals surface area contributed by atoms with Crippen LogP contribution in [0.1, 0.15) is 32.1 Å². The lowest BCUT2D eigenvalue weighted by Gasteiger charge is -2.32. The third kappa shape index (κ3) is 2.35. The fraction of sp³-hybridized carbons (Fsp3) is 0.692. The molecule has 4 heteroatoms. The second kappa shape index (κ2) is 4.51. The number of carboxylic acids is 1. The van der Waals surface area contributed by atoms with Gasteiger partial charge in [0, 0.05) is 19.5 Å². The van der Waals surface area contributed by atoms with Gasteiger partial charge in [-0.25, -0.2) is 0 Å². The number of carbonyl (C=O) groups excluding carboxylic acids is 1. The number of allylic oxidation sites excluding steroid dienone is 1. The Morgan fingerprint density at radius 3 is 2.53 bits per heavy atom. The minimum atomic E-state index is -0.670. The number of carboxylic acid groups (broad SMARTS) is 1. The van der Waals surface area contributed by atoms with E-state index >= 15 is 0 Å². The Bertz CT molecular complexity index is 343. The van der Waals surface area contributed by atoms with E-state index in [1.165, 1.54) is 0 Å². The van der Waals surface area contributed by atoms with E-state index in [1.54, 1.807) is 6.08 Å². The van der Waals surface area contributed by atoms with Gasteiger partial charge in [-0.05, 0) is 31.1 Å². The van der Waals surface area contributed by atoms with Gasteiger partial charge in [-0.1, -0.05) is 6.08 Å². The van der Waals surface area contributed by atoms with Gasteiger partial charge in [0.15, 0.2) is 0 Å². The van der Waals surface area contributed by atoms with Crippen molar-refractivity contribution in [3.05, 3.63) is 12.7 Å². The van der Waals surface area contributed by atoms with Gasteiger partial charge < -0.3 is 10.0 Å². The summed E-state index contributed by atoms with van der Waals surface area (Å²) in [5.41, 5.74) is 0.0149. The van der Waals surface area contributed by atoms with Crippen molar-refractivity contribution in [3.63, 3.8) is 0 Å². The molecule has 1 spiro atoms. The predicted octanol–water partition coefficient (Wildman–Crippen LogP) is 1.67. The summed E-state index contributed by atoms with van der Waals surface area (Å²) in [6.07, 6.45) is 5.51. The van der Waals surface area contributed by atoms with Crippen LogP contribution in [-0.4, -0.2) is 35.0 Å². The van der Waals surface area contributed by atoms with Crippen LogP contribution in [0.15, 0.2) is 12.7 Å². The number of hydrogen-bond acceptors (Lipinski definition) is 2. The fourth-order valence-corrected chi connectivity index (χ4v) is 2.83. The molecular formula is C13H19NO3. The summed E-state index contributed by atoms with van der Waals surface area (Å²) in [6.45, 7) is 5.05. The van der Waals surface area contributed by atoms with Gasteiger partial charge in [0.2, 0.25) is 5.91 Å². The third-order valence-electron chi connectivity index (χ3n) is 4.16. The molecule has 1 unspecified atom stereocenters. The van der Waals surface area contributed by atoms with Crippen molar-refractivity contribution in [2.45, 2.75) is 32.1 Å². The lowest BCUT2D eigenvalue weighted by molar-refractivity contribution is -0.139. The molecule has 2 aliphatic rings. The van der Waals surface area contributed by atoms with Crippen LogP contribution in [0.3, 0.4) is 0 Å². The summed E-state index contributed by atoms with van der Waals surface area (Å²) in [5, 5.41) is 8.97. The first-order valence-corrected chi connectivity index (χ1v) is 6.20. The van der Waals surface area contributed by atoms with E-state index in [-0.39, 0.29) is 17.2 Å². The highest BCUT2D eigenvalue weighted by Crippen LogP contribution is 2.59. The molecule has 1 aliphatic heterocycles. The maximum atomic E-state index is 11.8. The maximum absolute atomic E-state index is 11.8. The second-order valence-electron chi connectivity index (χ2n) is 5.17. The summed E-state index contributed by atoms with van der Waals surface area (Å²) < 4.78 is 0. The van der Waals surface area contributed by atoms with Crippen molar-refractivity contribution < 1.29 is 14.7 Å². The zero-order valence-corrected chi connectivity index (χ0v) is 10.0. The van der Waals surface area contributed by atoms with E-state index in [9.17, 15) is 9.59 Å². The summed E-state index contributed by atoms with van der Waals surface area (Å²) in [7, 11) is 0. The van der Waals surface area contributed by atoms with E-state index in [4.69, 9.17) is 5.11 Å². The van der Waals surface area contributed by atoms with Crippen LogP contribution < -0.4 is 0 Å². The monoisotopic (exact) mass is 237 g/mol. The fourth-order valence-electron chi connectivity index (χ4n) is 2.83. The lowest BCUT2D eigenvalue weighted by atomic mass is 9.90. The summed E-state index contributed by atoms with van der Waals surface area (Å²) >= 11 is 0. The molecule has 2 rings (SSSR count). The Morgan fingerprint density at radius 1 is 1.41 bits per heavy atom. The SMILES string of the molecule is C=CCCC(=O)N1CCC2(CC1)CC2C(=O)O. The first-order valence-electron chi connectivity index (χ1n) is 6.20. The molecule has 0 aromatic rings. The molecule has 94 valence electrons. The maximum Gasteiger partial charge on any atom is 0.307 e. The summed E-state index contributed by atoms with van der Waals surface area (Å²) in [5.74, 6) is -0.656. The summed E-state index contributed by atoms with van der Waals surface area (Å²) in [6, 6.07) is 0. The van der Waals surface area contributed by atoms with E-state index < -0.39 is 5.97 Å². The molecule has 0 bridgehead atoms. The third-order valence-corrected chi connectivity index (χ3v) is 4.16. The molecule has 1 aliphatic carbocycles. The number of aliphatic carboxylic acids is 1. The molecule has 17 heavy (non-hydrogen) atoms. The molecule has 1 amide bonds. The Morgan fingerprint density at radius 2 is 2.06 bits per heavy atom. The average Bonchev–Trinajstić information content (AvgIpc) is 3.01. The standard InChI is InChI=1S/C13H19NO3/c1-2-3-4-11(15)14-7-5-13(6-8-14)9-10(13)12(16)17/h2,10H,1,3-9H2,(H,16,17). The van der Waals surface area contributed by atoms with Gasteiger partial charge in [-0.15, -0.1) is 6.58 Å². The second-order valence-corrected chi connectivity index (χ2v) is 5.17. The van der Waals surface area contributed by atoms with Crippen LogP contribution in [0.25, 0.3) is 0 Å². The van der Waals surface area contributed by atoms with E-state index in [0.29, 0.717) is 6.42 Å². The number of hydrogen-bond donors (Lipinski definition) is 1. The van der Waals surface area contributed by atoms with Gasteiger partial charge >= 0.3 is 5.97 Å². The van der Waals surface area contributed by atoms with Gasteiger partial charge in [0.25, 0.3) is 0 Å². The molecule has 1 saturated heterocycles. The molecule has 2 fully saturated rings. The molecule has 0 aromatic heterocycles. The number of piperidine rings is 1. The Hall–Kier alpha value is -1.32. The number of rotatable bonds is 4. The Kier molecular flexibility index (Phi) is 3.22. The van der Waals surface area contributed by atoms with Crippen LogP contribution in [-0.2, 0) is 9.59 Å². The van der Waals surface area contributed by atoms with Crippen LogP contribution in [0.5, 0.6) is 0 Å². The first-order chi connectivity index (χ1) is 8.09. The van der Waals surface area contributed by atoms with Gasteiger partial charge in [-0.2, -0.15) is 0 Å². The minimum absolute atomic E-state index is 0.0149. The van der Waals surface area contributed by atoms with E-state index in [0.717, 1.165) is 38.8 Å². The highest BCUT2D eigenvalue weighted by molar-refractivity contribution is 5.77. The topological polar surface area (TPSA) is 57.6 Å². The molecular weight excluding hydrogens is 218 g/mol. The van der Waals surface area contributed by atoms with Crippen molar-refractivity contribution in [3.8, 4) is 0 Å².